The number of para-hydroxylation sites is 2. The Balaban J connectivity index is 1.38. The number of benzene rings is 1. The molecular formula is C18H24N6S. The van der Waals surface area contributed by atoms with E-state index in [-0.39, 0.29) is 0 Å². The van der Waals surface area contributed by atoms with Gasteiger partial charge in [0.2, 0.25) is 0 Å². The van der Waals surface area contributed by atoms with Crippen LogP contribution >= 0.6 is 11.3 Å². The van der Waals surface area contributed by atoms with Crippen molar-refractivity contribution in [2.24, 2.45) is 4.99 Å². The average Bonchev–Trinajstić information content (AvgIpc) is 3.23. The smallest absolute Gasteiger partial charge is 0.190 e. The Hall–Kier alpha value is -2.41. The molecular weight excluding hydrogens is 332 g/mol. The first-order chi connectivity index (χ1) is 12.3. The Morgan fingerprint density at radius 2 is 2.04 bits per heavy atom. The maximum atomic E-state index is 4.42. The summed E-state index contributed by atoms with van der Waals surface area (Å²) in [6.07, 6.45) is 5.76. The van der Waals surface area contributed by atoms with E-state index in [1.54, 1.807) is 18.4 Å². The minimum atomic E-state index is 0.832. The van der Waals surface area contributed by atoms with E-state index in [1.807, 2.05) is 24.7 Å². The van der Waals surface area contributed by atoms with Gasteiger partial charge in [0.15, 0.2) is 5.96 Å². The van der Waals surface area contributed by atoms with Crippen LogP contribution in [0.25, 0.3) is 11.0 Å². The lowest BCUT2D eigenvalue weighted by atomic mass is 10.3. The summed E-state index contributed by atoms with van der Waals surface area (Å²) in [5.41, 5.74) is 2.23. The van der Waals surface area contributed by atoms with Crippen molar-refractivity contribution in [3.05, 3.63) is 46.7 Å². The maximum Gasteiger partial charge on any atom is 0.190 e. The highest BCUT2D eigenvalue weighted by molar-refractivity contribution is 7.11. The summed E-state index contributed by atoms with van der Waals surface area (Å²) in [6, 6.07) is 8.22. The average molecular weight is 356 g/mol. The van der Waals surface area contributed by atoms with Crippen LogP contribution in [0, 0.1) is 6.92 Å². The molecule has 0 aliphatic rings. The van der Waals surface area contributed by atoms with Gasteiger partial charge in [0.1, 0.15) is 0 Å². The monoisotopic (exact) mass is 356 g/mol. The molecule has 2 N–H and O–H groups in total. The van der Waals surface area contributed by atoms with Gasteiger partial charge in [-0.2, -0.15) is 0 Å². The summed E-state index contributed by atoms with van der Waals surface area (Å²) in [6.45, 7) is 4.71. The molecule has 0 fully saturated rings. The zero-order chi connectivity index (χ0) is 17.5. The van der Waals surface area contributed by atoms with E-state index in [1.165, 1.54) is 10.4 Å². The van der Waals surface area contributed by atoms with Crippen LogP contribution in [0.1, 0.15) is 16.3 Å². The Kier molecular flexibility index (Phi) is 6.00. The lowest BCUT2D eigenvalue weighted by Crippen LogP contribution is -2.38. The van der Waals surface area contributed by atoms with Gasteiger partial charge in [-0.1, -0.05) is 12.1 Å². The molecule has 0 saturated heterocycles. The molecule has 3 aromatic rings. The number of hydrogen-bond acceptors (Lipinski definition) is 4. The standard InChI is InChI=1S/C18H24N6S/c1-14-12-22-17(25-14)8-10-21-18(19-2)20-9-5-11-24-13-23-15-6-3-4-7-16(15)24/h3-4,6-7,12-13H,5,8-11H2,1-2H3,(H2,19,20,21). The fourth-order valence-electron chi connectivity index (χ4n) is 2.67. The Morgan fingerprint density at radius 1 is 1.20 bits per heavy atom. The molecule has 0 aliphatic carbocycles. The molecule has 6 nitrogen and oxygen atoms in total. The van der Waals surface area contributed by atoms with Crippen LogP contribution in [0.5, 0.6) is 0 Å². The van der Waals surface area contributed by atoms with E-state index in [0.29, 0.717) is 0 Å². The van der Waals surface area contributed by atoms with Crippen molar-refractivity contribution in [3.8, 4) is 0 Å². The quantitative estimate of drug-likeness (QED) is 0.388. The fraction of sp³-hybridized carbons (Fsp3) is 0.389. The normalized spacial score (nSPS) is 11.8. The number of hydrogen-bond donors (Lipinski definition) is 2. The Labute approximate surface area is 152 Å². The van der Waals surface area contributed by atoms with Gasteiger partial charge in [-0.25, -0.2) is 9.97 Å². The molecule has 0 radical (unpaired) electrons. The summed E-state index contributed by atoms with van der Waals surface area (Å²) < 4.78 is 2.19. The van der Waals surface area contributed by atoms with Crippen LogP contribution in [0.3, 0.4) is 0 Å². The molecule has 7 heteroatoms. The molecule has 0 spiro atoms. The number of imidazole rings is 1. The number of aliphatic imine (C=N–C) groups is 1. The van der Waals surface area contributed by atoms with Crippen molar-refractivity contribution in [2.75, 3.05) is 20.1 Å². The highest BCUT2D eigenvalue weighted by Crippen LogP contribution is 2.12. The van der Waals surface area contributed by atoms with Gasteiger partial charge >= 0.3 is 0 Å². The second kappa shape index (κ2) is 8.62. The van der Waals surface area contributed by atoms with Gasteiger partial charge in [-0.15, -0.1) is 11.3 Å². The topological polar surface area (TPSA) is 67.1 Å². The zero-order valence-electron chi connectivity index (χ0n) is 14.7. The molecule has 0 unspecified atom stereocenters. The summed E-state index contributed by atoms with van der Waals surface area (Å²) in [5.74, 6) is 0.837. The second-order valence-corrected chi connectivity index (χ2v) is 7.14. The van der Waals surface area contributed by atoms with Crippen molar-refractivity contribution in [1.29, 1.82) is 0 Å². The van der Waals surface area contributed by atoms with E-state index in [0.717, 1.165) is 49.0 Å². The lowest BCUT2D eigenvalue weighted by Gasteiger charge is -2.11. The molecule has 2 aromatic heterocycles. The lowest BCUT2D eigenvalue weighted by molar-refractivity contribution is 0.637. The largest absolute Gasteiger partial charge is 0.356 e. The Morgan fingerprint density at radius 3 is 2.84 bits per heavy atom. The first-order valence-corrected chi connectivity index (χ1v) is 9.33. The van der Waals surface area contributed by atoms with E-state index in [2.05, 4.69) is 49.2 Å². The van der Waals surface area contributed by atoms with E-state index in [4.69, 9.17) is 0 Å². The summed E-state index contributed by atoms with van der Waals surface area (Å²) >= 11 is 1.75. The summed E-state index contributed by atoms with van der Waals surface area (Å²) in [5, 5.41) is 7.86. The molecule has 25 heavy (non-hydrogen) atoms. The van der Waals surface area contributed by atoms with Crippen LogP contribution in [-0.2, 0) is 13.0 Å². The third-order valence-corrected chi connectivity index (χ3v) is 4.89. The van der Waals surface area contributed by atoms with Crippen molar-refractivity contribution in [3.63, 3.8) is 0 Å². The fourth-order valence-corrected chi connectivity index (χ4v) is 3.46. The molecule has 0 aliphatic heterocycles. The molecule has 0 atom stereocenters. The minimum absolute atomic E-state index is 0.832. The summed E-state index contributed by atoms with van der Waals surface area (Å²) in [7, 11) is 1.80. The first kappa shape index (κ1) is 17.4. The van der Waals surface area contributed by atoms with Gasteiger partial charge in [-0.3, -0.25) is 4.99 Å². The molecule has 132 valence electrons. The van der Waals surface area contributed by atoms with Crippen LogP contribution in [0.2, 0.25) is 0 Å². The van der Waals surface area contributed by atoms with Crippen LogP contribution < -0.4 is 10.6 Å². The van der Waals surface area contributed by atoms with Gasteiger partial charge in [0, 0.05) is 44.2 Å². The predicted octanol–water partition coefficient (Wildman–Crippen LogP) is 2.60. The van der Waals surface area contributed by atoms with Gasteiger partial charge in [-0.05, 0) is 25.5 Å². The number of guanidine groups is 1. The van der Waals surface area contributed by atoms with Crippen molar-refractivity contribution < 1.29 is 0 Å². The highest BCUT2D eigenvalue weighted by Gasteiger charge is 2.03. The van der Waals surface area contributed by atoms with E-state index >= 15 is 0 Å². The molecule has 0 bridgehead atoms. The van der Waals surface area contributed by atoms with Gasteiger partial charge < -0.3 is 15.2 Å². The minimum Gasteiger partial charge on any atom is -0.356 e. The number of rotatable bonds is 7. The van der Waals surface area contributed by atoms with Gasteiger partial charge in [0.25, 0.3) is 0 Å². The van der Waals surface area contributed by atoms with Crippen molar-refractivity contribution >= 4 is 28.3 Å². The second-order valence-electron chi connectivity index (χ2n) is 5.82. The molecule has 0 amide bonds. The Bertz CT molecular complexity index is 835. The van der Waals surface area contributed by atoms with E-state index < -0.39 is 0 Å². The van der Waals surface area contributed by atoms with Crippen molar-refractivity contribution in [2.45, 2.75) is 26.3 Å². The third-order valence-electron chi connectivity index (χ3n) is 3.92. The van der Waals surface area contributed by atoms with E-state index in [9.17, 15) is 0 Å². The van der Waals surface area contributed by atoms with Crippen LogP contribution in [0.15, 0.2) is 41.8 Å². The molecule has 3 rings (SSSR count). The number of nitrogens with zero attached hydrogens (tertiary/aromatic N) is 4. The number of thiazole rings is 1. The van der Waals surface area contributed by atoms with Gasteiger partial charge in [0.05, 0.1) is 22.4 Å². The van der Waals surface area contributed by atoms with Crippen LogP contribution in [-0.4, -0.2) is 40.6 Å². The SMILES string of the molecule is CN=C(NCCCn1cnc2ccccc21)NCCc1ncc(C)s1. The number of fused-ring (bicyclic) bond motifs is 1. The first-order valence-electron chi connectivity index (χ1n) is 8.52. The van der Waals surface area contributed by atoms with Crippen LogP contribution in [0.4, 0.5) is 0 Å². The third kappa shape index (κ3) is 4.79. The maximum absolute atomic E-state index is 4.42. The number of aryl methyl sites for hydroxylation is 2. The summed E-state index contributed by atoms with van der Waals surface area (Å²) in [4.78, 5) is 14.3. The zero-order valence-corrected chi connectivity index (χ0v) is 15.5. The number of aromatic nitrogens is 3. The molecule has 2 heterocycles. The van der Waals surface area contributed by atoms with Crippen molar-refractivity contribution in [1.82, 2.24) is 25.2 Å². The molecule has 0 saturated carbocycles. The molecule has 1 aromatic carbocycles. The highest BCUT2D eigenvalue weighted by atomic mass is 32.1. The predicted molar refractivity (Wildman–Crippen MR) is 104 cm³/mol. The number of nitrogens with one attached hydrogen (secondary N) is 2.